The van der Waals surface area contributed by atoms with E-state index >= 15 is 0 Å². The first-order chi connectivity index (χ1) is 15.9. The van der Waals surface area contributed by atoms with Gasteiger partial charge in [0.2, 0.25) is 5.90 Å². The van der Waals surface area contributed by atoms with Crippen LogP contribution in [0, 0.1) is 10.8 Å². The fourth-order valence-corrected chi connectivity index (χ4v) is 4.36. The van der Waals surface area contributed by atoms with E-state index in [4.69, 9.17) is 20.7 Å². The minimum Gasteiger partial charge on any atom is -0.497 e. The van der Waals surface area contributed by atoms with Gasteiger partial charge in [0.1, 0.15) is 5.75 Å². The Morgan fingerprint density at radius 1 is 1.03 bits per heavy atom. The number of ether oxygens (including phenoxy) is 1. The van der Waals surface area contributed by atoms with Crippen LogP contribution < -0.4 is 9.64 Å². The smallest absolute Gasteiger partial charge is 0.210 e. The maximum atomic E-state index is 8.61. The van der Waals surface area contributed by atoms with Crippen LogP contribution in [0.3, 0.4) is 0 Å². The van der Waals surface area contributed by atoms with Crippen molar-refractivity contribution in [2.24, 2.45) is 0 Å². The molecule has 6 heteroatoms. The third-order valence-electron chi connectivity index (χ3n) is 5.95. The van der Waals surface area contributed by atoms with Crippen LogP contribution in [0.25, 0.3) is 0 Å². The summed E-state index contributed by atoms with van der Waals surface area (Å²) in [5.74, 6) is 0.496. The van der Waals surface area contributed by atoms with Gasteiger partial charge in [0.15, 0.2) is 0 Å². The number of nitrogens with one attached hydrogen (secondary N) is 2. The molecule has 1 aliphatic rings. The third kappa shape index (κ3) is 5.76. The predicted molar refractivity (Wildman–Crippen MR) is 136 cm³/mol. The molecule has 0 spiro atoms. The van der Waals surface area contributed by atoms with Crippen molar-refractivity contribution >= 4 is 17.8 Å². The molecule has 3 aromatic carbocycles. The number of anilines is 1. The van der Waals surface area contributed by atoms with Crippen LogP contribution in [0.2, 0.25) is 0 Å². The SMILES string of the molecule is CCN1/C(=C\C=N)C(C)(Cc2ccccc2)c2cc(OC)ccc21.N=C(O)c1ccccc1.[Co]. The molecular formula is C28H31CoN3O2. The van der Waals surface area contributed by atoms with Crippen LogP contribution in [0.4, 0.5) is 5.69 Å². The van der Waals surface area contributed by atoms with E-state index in [0.29, 0.717) is 5.56 Å². The van der Waals surface area contributed by atoms with Gasteiger partial charge in [-0.1, -0.05) is 48.5 Å². The molecule has 1 radical (unpaired) electrons. The summed E-state index contributed by atoms with van der Waals surface area (Å²) in [6, 6.07) is 25.6. The van der Waals surface area contributed by atoms with Crippen LogP contribution in [-0.2, 0) is 28.6 Å². The van der Waals surface area contributed by atoms with Gasteiger partial charge in [-0.2, -0.15) is 0 Å². The van der Waals surface area contributed by atoms with Gasteiger partial charge in [-0.15, -0.1) is 0 Å². The summed E-state index contributed by atoms with van der Waals surface area (Å²) >= 11 is 0. The van der Waals surface area contributed by atoms with E-state index in [1.165, 1.54) is 28.7 Å². The Bertz CT molecular complexity index is 1130. The molecule has 0 amide bonds. The number of hydrogen-bond acceptors (Lipinski definition) is 4. The first kappa shape index (κ1) is 26.9. The Balaban J connectivity index is 0.000000345. The molecule has 1 heterocycles. The fraction of sp³-hybridized carbons (Fsp3) is 0.214. The number of hydrogen-bond donors (Lipinski definition) is 3. The average molecular weight is 501 g/mol. The standard InChI is InChI=1S/C21H24N2O.C7H7NO.Co/c1-4-23-19-11-10-17(24-3)14-18(19)21(2,20(23)12-13-22)15-16-8-6-5-7-9-16;8-7(9)6-4-2-1-3-5-6;/h5-14,22H,4,15H2,1-3H3;1-5H,(H2,8,9);/b20-12-,22-13?;;. The van der Waals surface area contributed by atoms with E-state index in [2.05, 4.69) is 55.1 Å². The first-order valence-electron chi connectivity index (χ1n) is 11.0. The summed E-state index contributed by atoms with van der Waals surface area (Å²) < 4.78 is 5.46. The molecule has 0 aliphatic carbocycles. The Labute approximate surface area is 212 Å². The monoisotopic (exact) mass is 500 g/mol. The molecule has 0 saturated carbocycles. The normalized spacial score (nSPS) is 17.1. The van der Waals surface area contributed by atoms with E-state index < -0.39 is 0 Å². The summed E-state index contributed by atoms with van der Waals surface area (Å²) in [5, 5.41) is 23.0. The van der Waals surface area contributed by atoms with Crippen LogP contribution in [0.1, 0.15) is 30.5 Å². The van der Waals surface area contributed by atoms with E-state index in [1.54, 1.807) is 31.4 Å². The van der Waals surface area contributed by atoms with Crippen molar-refractivity contribution < 1.29 is 26.6 Å². The van der Waals surface area contributed by atoms with Crippen molar-refractivity contribution in [2.75, 3.05) is 18.6 Å². The number of benzene rings is 3. The van der Waals surface area contributed by atoms with Gasteiger partial charge in [0, 0.05) is 51.9 Å². The Morgan fingerprint density at radius 3 is 2.15 bits per heavy atom. The molecule has 4 rings (SSSR count). The van der Waals surface area contributed by atoms with Gasteiger partial charge in [-0.3, -0.25) is 5.41 Å². The van der Waals surface area contributed by atoms with Crippen LogP contribution in [-0.4, -0.2) is 30.9 Å². The third-order valence-corrected chi connectivity index (χ3v) is 5.95. The zero-order valence-electron chi connectivity index (χ0n) is 19.7. The van der Waals surface area contributed by atoms with Crippen molar-refractivity contribution in [2.45, 2.75) is 25.7 Å². The summed E-state index contributed by atoms with van der Waals surface area (Å²) in [5.41, 5.74) is 5.32. The van der Waals surface area contributed by atoms with Crippen molar-refractivity contribution in [3.05, 3.63) is 107 Å². The minimum absolute atomic E-state index is 0. The van der Waals surface area contributed by atoms with Crippen LogP contribution in [0.5, 0.6) is 5.75 Å². The van der Waals surface area contributed by atoms with Gasteiger partial charge < -0.3 is 20.2 Å². The summed E-state index contributed by atoms with van der Waals surface area (Å²) in [7, 11) is 1.71. The molecule has 3 N–H and O–H groups in total. The molecule has 5 nitrogen and oxygen atoms in total. The minimum atomic E-state index is -0.379. The molecule has 0 aromatic heterocycles. The van der Waals surface area contributed by atoms with Gasteiger partial charge in [0.05, 0.1) is 7.11 Å². The second-order valence-corrected chi connectivity index (χ2v) is 8.06. The second-order valence-electron chi connectivity index (χ2n) is 8.06. The summed E-state index contributed by atoms with van der Waals surface area (Å²) in [4.78, 5) is 2.31. The zero-order chi connectivity index (χ0) is 23.8. The number of likely N-dealkylation sites (N-methyl/N-ethyl adjacent to an activating group) is 1. The number of nitrogens with zero attached hydrogens (tertiary/aromatic N) is 1. The van der Waals surface area contributed by atoms with Crippen molar-refractivity contribution in [1.29, 1.82) is 10.8 Å². The van der Waals surface area contributed by atoms with Gasteiger partial charge in [-0.25, -0.2) is 0 Å². The number of rotatable bonds is 6. The largest absolute Gasteiger partial charge is 0.497 e. The Kier molecular flexibility index (Phi) is 9.65. The first-order valence-corrected chi connectivity index (χ1v) is 11.0. The maximum absolute atomic E-state index is 8.61. The van der Waals surface area contributed by atoms with Crippen LogP contribution >= 0.6 is 0 Å². The summed E-state index contributed by atoms with van der Waals surface area (Å²) in [6.07, 6.45) is 4.22. The molecule has 3 aromatic rings. The topological polar surface area (TPSA) is 80.4 Å². The fourth-order valence-electron chi connectivity index (χ4n) is 4.36. The Morgan fingerprint density at radius 2 is 1.65 bits per heavy atom. The number of methoxy groups -OCH3 is 1. The average Bonchev–Trinajstić information content (AvgIpc) is 3.07. The molecule has 1 aliphatic heterocycles. The van der Waals surface area contributed by atoms with Gasteiger partial charge in [-0.05, 0) is 67.8 Å². The van der Waals surface area contributed by atoms with Crippen molar-refractivity contribution in [3.63, 3.8) is 0 Å². The molecule has 0 fully saturated rings. The maximum Gasteiger partial charge on any atom is 0.210 e. The number of aliphatic hydroxyl groups is 1. The molecule has 1 atom stereocenters. The van der Waals surface area contributed by atoms with E-state index in [-0.39, 0.29) is 28.1 Å². The number of allylic oxidation sites excluding steroid dienone is 2. The zero-order valence-corrected chi connectivity index (χ0v) is 20.8. The van der Waals surface area contributed by atoms with Crippen molar-refractivity contribution in [1.82, 2.24) is 0 Å². The van der Waals surface area contributed by atoms with Crippen molar-refractivity contribution in [3.8, 4) is 5.75 Å². The van der Waals surface area contributed by atoms with Gasteiger partial charge >= 0.3 is 0 Å². The summed E-state index contributed by atoms with van der Waals surface area (Å²) in [6.45, 7) is 5.30. The number of fused-ring (bicyclic) bond motifs is 1. The Hall–Kier alpha value is -3.35. The number of aliphatic hydroxyl groups excluding tert-OH is 1. The second kappa shape index (κ2) is 12.2. The van der Waals surface area contributed by atoms with Gasteiger partial charge in [0.25, 0.3) is 0 Å². The quantitative estimate of drug-likeness (QED) is 0.281. The predicted octanol–water partition coefficient (Wildman–Crippen LogP) is 6.14. The molecule has 34 heavy (non-hydrogen) atoms. The van der Waals surface area contributed by atoms with E-state index in [0.717, 1.165) is 18.7 Å². The van der Waals surface area contributed by atoms with E-state index in [9.17, 15) is 0 Å². The molecular weight excluding hydrogens is 469 g/mol. The molecule has 1 unspecified atom stereocenters. The molecule has 0 saturated heterocycles. The van der Waals surface area contributed by atoms with E-state index in [1.807, 2.05) is 24.3 Å². The molecule has 179 valence electrons. The molecule has 0 bridgehead atoms. The van der Waals surface area contributed by atoms with Crippen LogP contribution in [0.15, 0.2) is 90.6 Å².